The highest BCUT2D eigenvalue weighted by atomic mass is 32.1. The predicted octanol–water partition coefficient (Wildman–Crippen LogP) is 4.27. The van der Waals surface area contributed by atoms with Crippen molar-refractivity contribution in [3.63, 3.8) is 0 Å². The fraction of sp³-hybridized carbons (Fsp3) is 0.393. The molecule has 0 aliphatic heterocycles. The van der Waals surface area contributed by atoms with E-state index in [1.54, 1.807) is 45.0 Å². The zero-order valence-electron chi connectivity index (χ0n) is 22.1. The lowest BCUT2D eigenvalue weighted by Crippen LogP contribution is -2.53. The van der Waals surface area contributed by atoms with Crippen molar-refractivity contribution in [2.45, 2.75) is 52.3 Å². The van der Waals surface area contributed by atoms with Crippen molar-refractivity contribution in [1.29, 1.82) is 0 Å². The molecule has 8 nitrogen and oxygen atoms in total. The number of benzene rings is 2. The number of ether oxygens (including phenoxy) is 1. The van der Waals surface area contributed by atoms with Gasteiger partial charge in [0, 0.05) is 18.0 Å². The maximum atomic E-state index is 13.8. The third kappa shape index (κ3) is 8.36. The second-order valence-corrected chi connectivity index (χ2v) is 10.0. The zero-order chi connectivity index (χ0) is 27.8. The van der Waals surface area contributed by atoms with E-state index in [-0.39, 0.29) is 12.3 Å². The molecule has 0 fully saturated rings. The fourth-order valence-corrected chi connectivity index (χ4v) is 4.09. The number of aliphatic hydroxyl groups excluding tert-OH is 1. The summed E-state index contributed by atoms with van der Waals surface area (Å²) in [5, 5.41) is 15.4. The van der Waals surface area contributed by atoms with Crippen molar-refractivity contribution in [1.82, 2.24) is 10.2 Å². The van der Waals surface area contributed by atoms with Crippen LogP contribution in [0.15, 0.2) is 49.0 Å². The van der Waals surface area contributed by atoms with Crippen LogP contribution in [0.5, 0.6) is 0 Å². The Morgan fingerprint density at radius 2 is 1.76 bits per heavy atom. The Balaban J connectivity index is 2.52. The highest BCUT2D eigenvalue weighted by Gasteiger charge is 2.36. The first-order valence-electron chi connectivity index (χ1n) is 12.0. The summed E-state index contributed by atoms with van der Waals surface area (Å²) in [5.41, 5.74) is 2.90. The summed E-state index contributed by atoms with van der Waals surface area (Å²) < 4.78 is 5.29. The van der Waals surface area contributed by atoms with Crippen LogP contribution in [0.1, 0.15) is 49.1 Å². The van der Waals surface area contributed by atoms with Gasteiger partial charge in [0.15, 0.2) is 0 Å². The number of carbonyl (C=O) groups excluding carboxylic acids is 3. The lowest BCUT2D eigenvalue weighted by molar-refractivity contribution is -0.140. The van der Waals surface area contributed by atoms with Crippen LogP contribution in [0.4, 0.5) is 10.5 Å². The van der Waals surface area contributed by atoms with Crippen LogP contribution in [0.25, 0.3) is 6.08 Å². The number of thiol groups is 1. The first-order valence-corrected chi connectivity index (χ1v) is 12.7. The number of nitrogens with zero attached hydrogens (tertiary/aromatic N) is 1. The van der Waals surface area contributed by atoms with Gasteiger partial charge in [-0.15, -0.1) is 0 Å². The Morgan fingerprint density at radius 3 is 2.30 bits per heavy atom. The molecular weight excluding hydrogens is 490 g/mol. The summed E-state index contributed by atoms with van der Waals surface area (Å²) in [6.45, 7) is 12.1. The standard InChI is InChI=1S/C28H37N3O5S/c1-7-20-12-9-13-21(16-20)24(25(33)30-23-18(2)10-8-11-19(23)3)31(14-15-32)26(34)22(17-37)29-27(35)36-28(4,5)6/h7-13,16,22,24,32,37H,1,14-15,17H2,2-6H3,(H,29,35)(H,30,33). The van der Waals surface area contributed by atoms with E-state index in [1.165, 1.54) is 4.90 Å². The number of nitrogens with one attached hydrogen (secondary N) is 2. The molecule has 9 heteroatoms. The average Bonchev–Trinajstić information content (AvgIpc) is 2.83. The Hall–Kier alpha value is -3.30. The van der Waals surface area contributed by atoms with Crippen molar-refractivity contribution in [2.75, 3.05) is 24.2 Å². The summed E-state index contributed by atoms with van der Waals surface area (Å²) in [4.78, 5) is 41.2. The van der Waals surface area contributed by atoms with E-state index in [1.807, 2.05) is 38.1 Å². The number of para-hydroxylation sites is 1. The minimum atomic E-state index is -1.11. The molecule has 2 unspecified atom stereocenters. The molecule has 3 N–H and O–H groups in total. The number of aliphatic hydroxyl groups is 1. The normalized spacial score (nSPS) is 12.7. The predicted molar refractivity (Wildman–Crippen MR) is 150 cm³/mol. The number of hydrogen-bond donors (Lipinski definition) is 4. The van der Waals surface area contributed by atoms with E-state index in [2.05, 4.69) is 29.8 Å². The van der Waals surface area contributed by atoms with Crippen LogP contribution in [-0.4, -0.2) is 58.5 Å². The SMILES string of the molecule is C=Cc1cccc(C(C(=O)Nc2c(C)cccc2C)N(CCO)C(=O)C(CS)NC(=O)OC(C)(C)C)c1. The van der Waals surface area contributed by atoms with Gasteiger partial charge in [-0.05, 0) is 62.9 Å². The highest BCUT2D eigenvalue weighted by molar-refractivity contribution is 7.80. The van der Waals surface area contributed by atoms with Crippen LogP contribution in [0.2, 0.25) is 0 Å². The van der Waals surface area contributed by atoms with Gasteiger partial charge in [-0.1, -0.05) is 49.1 Å². The monoisotopic (exact) mass is 527 g/mol. The smallest absolute Gasteiger partial charge is 0.408 e. The van der Waals surface area contributed by atoms with E-state index in [4.69, 9.17) is 4.74 Å². The van der Waals surface area contributed by atoms with Crippen molar-refractivity contribution >= 4 is 42.3 Å². The van der Waals surface area contributed by atoms with Gasteiger partial charge in [0.1, 0.15) is 17.7 Å². The summed E-state index contributed by atoms with van der Waals surface area (Å²) in [7, 11) is 0. The molecule has 37 heavy (non-hydrogen) atoms. The van der Waals surface area contributed by atoms with E-state index in [0.717, 1.165) is 16.7 Å². The number of amides is 3. The Bertz CT molecular complexity index is 1110. The van der Waals surface area contributed by atoms with Gasteiger partial charge in [-0.25, -0.2) is 4.79 Å². The average molecular weight is 528 g/mol. The quantitative estimate of drug-likeness (QED) is 0.345. The Morgan fingerprint density at radius 1 is 1.14 bits per heavy atom. The molecule has 0 aliphatic carbocycles. The van der Waals surface area contributed by atoms with Gasteiger partial charge in [0.25, 0.3) is 5.91 Å². The van der Waals surface area contributed by atoms with Crippen molar-refractivity contribution in [2.24, 2.45) is 0 Å². The first-order chi connectivity index (χ1) is 17.4. The molecule has 0 bridgehead atoms. The van der Waals surface area contributed by atoms with E-state index in [0.29, 0.717) is 11.3 Å². The Kier molecular flexibility index (Phi) is 10.8. The van der Waals surface area contributed by atoms with Gasteiger partial charge >= 0.3 is 6.09 Å². The molecule has 0 aromatic heterocycles. The third-order valence-corrected chi connectivity index (χ3v) is 5.91. The number of carbonyl (C=O) groups is 3. The van der Waals surface area contributed by atoms with E-state index >= 15 is 0 Å². The first kappa shape index (κ1) is 29.9. The molecule has 0 saturated heterocycles. The molecule has 0 spiro atoms. The minimum absolute atomic E-state index is 0.0437. The number of rotatable bonds is 10. The number of hydrogen-bond acceptors (Lipinski definition) is 6. The third-order valence-electron chi connectivity index (χ3n) is 5.55. The Labute approximate surface area is 224 Å². The fourth-order valence-electron chi connectivity index (χ4n) is 3.84. The minimum Gasteiger partial charge on any atom is -0.444 e. The maximum absolute atomic E-state index is 13.8. The molecular formula is C28H37N3O5S. The van der Waals surface area contributed by atoms with Gasteiger partial charge in [-0.3, -0.25) is 9.59 Å². The van der Waals surface area contributed by atoms with Crippen molar-refractivity contribution in [3.05, 3.63) is 71.3 Å². The lowest BCUT2D eigenvalue weighted by Gasteiger charge is -2.34. The topological polar surface area (TPSA) is 108 Å². The number of anilines is 1. The van der Waals surface area contributed by atoms with Crippen LogP contribution in [-0.2, 0) is 14.3 Å². The molecule has 2 atom stereocenters. The second kappa shape index (κ2) is 13.3. The lowest BCUT2D eigenvalue weighted by atomic mass is 10.00. The summed E-state index contributed by atoms with van der Waals surface area (Å²) in [5.74, 6) is -1.09. The molecule has 0 heterocycles. The second-order valence-electron chi connectivity index (χ2n) is 9.67. The van der Waals surface area contributed by atoms with Crippen molar-refractivity contribution < 1.29 is 24.2 Å². The molecule has 3 amide bonds. The van der Waals surface area contributed by atoms with Crippen LogP contribution in [0.3, 0.4) is 0 Å². The van der Waals surface area contributed by atoms with E-state index in [9.17, 15) is 19.5 Å². The van der Waals surface area contributed by atoms with Crippen LogP contribution >= 0.6 is 12.6 Å². The zero-order valence-corrected chi connectivity index (χ0v) is 23.0. The van der Waals surface area contributed by atoms with Gasteiger partial charge in [-0.2, -0.15) is 12.6 Å². The van der Waals surface area contributed by atoms with Gasteiger partial charge < -0.3 is 25.4 Å². The molecule has 0 radical (unpaired) electrons. The molecule has 2 rings (SSSR count). The van der Waals surface area contributed by atoms with Crippen molar-refractivity contribution in [3.8, 4) is 0 Å². The van der Waals surface area contributed by atoms with Gasteiger partial charge in [0.05, 0.1) is 6.61 Å². The number of aryl methyl sites for hydroxylation is 2. The largest absolute Gasteiger partial charge is 0.444 e. The molecule has 0 aliphatic rings. The highest BCUT2D eigenvalue weighted by Crippen LogP contribution is 2.27. The van der Waals surface area contributed by atoms with Gasteiger partial charge in [0.2, 0.25) is 5.91 Å². The summed E-state index contributed by atoms with van der Waals surface area (Å²) in [6, 6.07) is 10.5. The maximum Gasteiger partial charge on any atom is 0.408 e. The number of alkyl carbamates (subject to hydrolysis) is 1. The molecule has 2 aromatic carbocycles. The summed E-state index contributed by atoms with van der Waals surface area (Å²) in [6.07, 6.45) is 0.858. The van der Waals surface area contributed by atoms with Crippen LogP contribution < -0.4 is 10.6 Å². The van der Waals surface area contributed by atoms with E-state index < -0.39 is 42.2 Å². The van der Waals surface area contributed by atoms with Crippen LogP contribution in [0, 0.1) is 13.8 Å². The summed E-state index contributed by atoms with van der Waals surface area (Å²) >= 11 is 4.26. The molecule has 200 valence electrons. The molecule has 0 saturated carbocycles. The molecule has 2 aromatic rings.